The molecule has 154 valence electrons. The SMILES string of the molecule is C=CCOc1cccc(C2c3c(oc4ccc(F)cc4c3=O)C(=O)N2c2nncs2)c1. The van der Waals surface area contributed by atoms with Crippen LogP contribution in [0.15, 0.2) is 69.8 Å². The van der Waals surface area contributed by atoms with E-state index in [-0.39, 0.29) is 22.3 Å². The topological polar surface area (TPSA) is 85.5 Å². The minimum absolute atomic E-state index is 0.0646. The normalized spacial score (nSPS) is 15.3. The summed E-state index contributed by atoms with van der Waals surface area (Å²) in [6.45, 7) is 3.93. The van der Waals surface area contributed by atoms with Gasteiger partial charge < -0.3 is 9.15 Å². The molecule has 9 heteroatoms. The van der Waals surface area contributed by atoms with Gasteiger partial charge in [-0.05, 0) is 35.9 Å². The van der Waals surface area contributed by atoms with Crippen LogP contribution < -0.4 is 15.1 Å². The first-order valence-corrected chi connectivity index (χ1v) is 10.2. The van der Waals surface area contributed by atoms with E-state index in [1.807, 2.05) is 0 Å². The van der Waals surface area contributed by atoms with Crippen molar-refractivity contribution in [2.45, 2.75) is 6.04 Å². The number of rotatable bonds is 5. The van der Waals surface area contributed by atoms with E-state index in [1.54, 1.807) is 30.3 Å². The molecule has 0 saturated heterocycles. The van der Waals surface area contributed by atoms with Crippen molar-refractivity contribution in [3.05, 3.63) is 93.6 Å². The van der Waals surface area contributed by atoms with Gasteiger partial charge in [0.05, 0.1) is 17.0 Å². The molecule has 0 radical (unpaired) electrons. The van der Waals surface area contributed by atoms with Gasteiger partial charge in [0.25, 0.3) is 5.91 Å². The summed E-state index contributed by atoms with van der Waals surface area (Å²) in [7, 11) is 0. The maximum absolute atomic E-state index is 13.8. The van der Waals surface area contributed by atoms with Gasteiger partial charge in [0.1, 0.15) is 29.3 Å². The zero-order valence-electron chi connectivity index (χ0n) is 15.9. The second-order valence-electron chi connectivity index (χ2n) is 6.79. The molecule has 0 N–H and O–H groups in total. The Kier molecular flexibility index (Phi) is 4.59. The summed E-state index contributed by atoms with van der Waals surface area (Å²) in [5.74, 6) is -0.632. The van der Waals surface area contributed by atoms with Crippen molar-refractivity contribution in [1.82, 2.24) is 10.2 Å². The number of amides is 1. The molecule has 7 nitrogen and oxygen atoms in total. The first-order chi connectivity index (χ1) is 15.1. The molecule has 1 unspecified atom stereocenters. The lowest BCUT2D eigenvalue weighted by Gasteiger charge is -2.22. The summed E-state index contributed by atoms with van der Waals surface area (Å²) < 4.78 is 25.2. The first-order valence-electron chi connectivity index (χ1n) is 9.28. The highest BCUT2D eigenvalue weighted by Gasteiger charge is 2.45. The van der Waals surface area contributed by atoms with E-state index < -0.39 is 23.2 Å². The summed E-state index contributed by atoms with van der Waals surface area (Å²) in [6.07, 6.45) is 1.62. The number of fused-ring (bicyclic) bond motifs is 2. The highest BCUT2D eigenvalue weighted by molar-refractivity contribution is 7.13. The van der Waals surface area contributed by atoms with E-state index in [1.165, 1.54) is 22.5 Å². The molecule has 5 rings (SSSR count). The quantitative estimate of drug-likeness (QED) is 0.439. The van der Waals surface area contributed by atoms with Crippen LogP contribution in [-0.2, 0) is 0 Å². The molecule has 0 aliphatic carbocycles. The fourth-order valence-electron chi connectivity index (χ4n) is 3.66. The van der Waals surface area contributed by atoms with Crippen molar-refractivity contribution in [3.63, 3.8) is 0 Å². The minimum Gasteiger partial charge on any atom is -0.490 e. The molecule has 4 aromatic rings. The van der Waals surface area contributed by atoms with Gasteiger partial charge in [-0.1, -0.05) is 36.1 Å². The molecule has 3 heterocycles. The third-order valence-electron chi connectivity index (χ3n) is 4.93. The Bertz CT molecular complexity index is 1380. The summed E-state index contributed by atoms with van der Waals surface area (Å²) in [5.41, 5.74) is 1.90. The number of halogens is 1. The number of anilines is 1. The van der Waals surface area contributed by atoms with Crippen molar-refractivity contribution in [1.29, 1.82) is 0 Å². The van der Waals surface area contributed by atoms with Crippen LogP contribution in [0.1, 0.15) is 27.7 Å². The number of hydrogen-bond donors (Lipinski definition) is 0. The summed E-state index contributed by atoms with van der Waals surface area (Å²) in [5, 5.41) is 8.22. The van der Waals surface area contributed by atoms with Crippen molar-refractivity contribution >= 4 is 33.3 Å². The zero-order chi connectivity index (χ0) is 21.5. The van der Waals surface area contributed by atoms with Crippen LogP contribution in [0.25, 0.3) is 11.0 Å². The average molecular weight is 435 g/mol. The standard InChI is InChI=1S/C22H14FN3O4S/c1-2-8-29-14-5-3-4-12(9-14)18-17-19(27)15-10-13(23)6-7-16(15)30-20(17)21(28)26(18)22-25-24-11-31-22/h2-7,9-11,18H,1,8H2. The van der Waals surface area contributed by atoms with Gasteiger partial charge in [-0.3, -0.25) is 14.5 Å². The van der Waals surface area contributed by atoms with E-state index in [2.05, 4.69) is 16.8 Å². The predicted octanol–water partition coefficient (Wildman–Crippen LogP) is 4.10. The Hall–Kier alpha value is -3.85. The Labute approximate surface area is 179 Å². The molecule has 1 amide bonds. The number of aromatic nitrogens is 2. The first kappa shape index (κ1) is 19.1. The number of carbonyl (C=O) groups excluding carboxylic acids is 1. The average Bonchev–Trinajstić information content (AvgIpc) is 3.40. The number of nitrogens with zero attached hydrogens (tertiary/aromatic N) is 3. The largest absolute Gasteiger partial charge is 0.490 e. The smallest absolute Gasteiger partial charge is 0.297 e. The number of benzene rings is 2. The van der Waals surface area contributed by atoms with Crippen LogP contribution >= 0.6 is 11.3 Å². The van der Waals surface area contributed by atoms with E-state index in [0.717, 1.165) is 17.4 Å². The molecule has 0 fully saturated rings. The van der Waals surface area contributed by atoms with Gasteiger partial charge in [-0.25, -0.2) is 4.39 Å². The monoisotopic (exact) mass is 435 g/mol. The van der Waals surface area contributed by atoms with Crippen molar-refractivity contribution in [2.75, 3.05) is 11.5 Å². The van der Waals surface area contributed by atoms with E-state index >= 15 is 0 Å². The molecule has 0 saturated carbocycles. The fourth-order valence-corrected chi connectivity index (χ4v) is 4.24. The van der Waals surface area contributed by atoms with Gasteiger partial charge in [0, 0.05) is 0 Å². The van der Waals surface area contributed by atoms with Crippen molar-refractivity contribution in [3.8, 4) is 5.75 Å². The van der Waals surface area contributed by atoms with Crippen LogP contribution in [0.5, 0.6) is 5.75 Å². The van der Waals surface area contributed by atoms with E-state index in [4.69, 9.17) is 9.15 Å². The summed E-state index contributed by atoms with van der Waals surface area (Å²) in [6, 6.07) is 9.84. The third-order valence-corrected chi connectivity index (χ3v) is 5.62. The molecule has 31 heavy (non-hydrogen) atoms. The lowest BCUT2D eigenvalue weighted by Crippen LogP contribution is -2.29. The second kappa shape index (κ2) is 7.44. The molecule has 2 aromatic heterocycles. The van der Waals surface area contributed by atoms with Crippen LogP contribution in [0, 0.1) is 5.82 Å². The Morgan fingerprint density at radius 3 is 2.90 bits per heavy atom. The maximum Gasteiger partial charge on any atom is 0.297 e. The third kappa shape index (κ3) is 3.10. The molecule has 2 aromatic carbocycles. The Balaban J connectivity index is 1.76. The highest BCUT2D eigenvalue weighted by Crippen LogP contribution is 2.42. The number of ether oxygens (including phenoxy) is 1. The molecule has 1 aliphatic rings. The molecular formula is C22H14FN3O4S. The van der Waals surface area contributed by atoms with Gasteiger partial charge in [0.2, 0.25) is 10.9 Å². The van der Waals surface area contributed by atoms with Crippen LogP contribution in [0.4, 0.5) is 9.52 Å². The molecule has 1 aliphatic heterocycles. The minimum atomic E-state index is -0.827. The van der Waals surface area contributed by atoms with E-state index in [9.17, 15) is 14.0 Å². The fraction of sp³-hybridized carbons (Fsp3) is 0.0909. The van der Waals surface area contributed by atoms with Crippen molar-refractivity contribution in [2.24, 2.45) is 0 Å². The van der Waals surface area contributed by atoms with Crippen LogP contribution in [0.2, 0.25) is 0 Å². The van der Waals surface area contributed by atoms with E-state index in [0.29, 0.717) is 23.1 Å². The summed E-state index contributed by atoms with van der Waals surface area (Å²) in [4.78, 5) is 28.1. The second-order valence-corrected chi connectivity index (χ2v) is 7.60. The lowest BCUT2D eigenvalue weighted by molar-refractivity contribution is 0.0970. The molecular weight excluding hydrogens is 421 g/mol. The number of hydrogen-bond acceptors (Lipinski definition) is 7. The Morgan fingerprint density at radius 1 is 1.26 bits per heavy atom. The predicted molar refractivity (Wildman–Crippen MR) is 113 cm³/mol. The van der Waals surface area contributed by atoms with Crippen LogP contribution in [0.3, 0.4) is 0 Å². The number of carbonyl (C=O) groups is 1. The molecule has 0 bridgehead atoms. The zero-order valence-corrected chi connectivity index (χ0v) is 16.8. The van der Waals surface area contributed by atoms with Crippen LogP contribution in [-0.4, -0.2) is 22.7 Å². The molecule has 0 spiro atoms. The summed E-state index contributed by atoms with van der Waals surface area (Å²) >= 11 is 1.16. The molecule has 1 atom stereocenters. The maximum atomic E-state index is 13.8. The van der Waals surface area contributed by atoms with Gasteiger partial charge in [-0.15, -0.1) is 10.2 Å². The lowest BCUT2D eigenvalue weighted by atomic mass is 9.98. The Morgan fingerprint density at radius 2 is 2.13 bits per heavy atom. The highest BCUT2D eigenvalue weighted by atomic mass is 32.1. The van der Waals surface area contributed by atoms with Gasteiger partial charge >= 0.3 is 0 Å². The van der Waals surface area contributed by atoms with Crippen molar-refractivity contribution < 1.29 is 18.3 Å². The van der Waals surface area contributed by atoms with Gasteiger partial charge in [-0.2, -0.15) is 0 Å². The van der Waals surface area contributed by atoms with Gasteiger partial charge in [0.15, 0.2) is 5.43 Å².